The van der Waals surface area contributed by atoms with Crippen LogP contribution in [0.25, 0.3) is 0 Å². The van der Waals surface area contributed by atoms with Crippen molar-refractivity contribution in [2.24, 2.45) is 0 Å². The number of hydrogen-bond donors (Lipinski definition) is 1. The molecule has 1 aromatic heterocycles. The summed E-state index contributed by atoms with van der Waals surface area (Å²) in [5.41, 5.74) is 2.87. The molecule has 2 aromatic rings. The minimum atomic E-state index is 0.589. The molecule has 124 valence electrons. The normalized spacial score (nSPS) is 18.4. The molecule has 0 aliphatic heterocycles. The molecule has 0 bridgehead atoms. The molecular formula is C20H27NOS. The third kappa shape index (κ3) is 4.15. The predicted octanol–water partition coefficient (Wildman–Crippen LogP) is 4.62. The van der Waals surface area contributed by atoms with Crippen LogP contribution < -0.4 is 10.1 Å². The van der Waals surface area contributed by atoms with Crippen molar-refractivity contribution in [3.8, 4) is 5.75 Å². The van der Waals surface area contributed by atoms with E-state index in [1.165, 1.54) is 35.3 Å². The molecule has 0 saturated heterocycles. The lowest BCUT2D eigenvalue weighted by Crippen LogP contribution is -2.42. The quantitative estimate of drug-likeness (QED) is 0.800. The number of methoxy groups -OCH3 is 1. The van der Waals surface area contributed by atoms with Gasteiger partial charge in [-0.2, -0.15) is 0 Å². The fourth-order valence-electron chi connectivity index (χ4n) is 3.70. The summed E-state index contributed by atoms with van der Waals surface area (Å²) in [5.74, 6) is 1.06. The van der Waals surface area contributed by atoms with Crippen LogP contribution in [0, 0.1) is 0 Å². The number of thiophene rings is 1. The zero-order valence-corrected chi connectivity index (χ0v) is 15.0. The van der Waals surface area contributed by atoms with Gasteiger partial charge < -0.3 is 10.1 Å². The SMILES string of the molecule is CCCC(Cc1cccs1)NC1CCc2c(cccc2OC)C1. The molecule has 0 amide bonds. The van der Waals surface area contributed by atoms with Gasteiger partial charge in [0.05, 0.1) is 7.11 Å². The topological polar surface area (TPSA) is 21.3 Å². The molecule has 1 N–H and O–H groups in total. The van der Waals surface area contributed by atoms with Crippen LogP contribution in [0.2, 0.25) is 0 Å². The highest BCUT2D eigenvalue weighted by atomic mass is 32.1. The molecule has 2 unspecified atom stereocenters. The molecule has 1 aliphatic carbocycles. The lowest BCUT2D eigenvalue weighted by Gasteiger charge is -2.30. The van der Waals surface area contributed by atoms with Crippen molar-refractivity contribution in [1.82, 2.24) is 5.32 Å². The van der Waals surface area contributed by atoms with Gasteiger partial charge in [0.2, 0.25) is 0 Å². The molecule has 2 atom stereocenters. The molecule has 23 heavy (non-hydrogen) atoms. The van der Waals surface area contributed by atoms with E-state index in [4.69, 9.17) is 4.74 Å². The number of hydrogen-bond acceptors (Lipinski definition) is 3. The second-order valence-corrected chi connectivity index (χ2v) is 7.51. The predicted molar refractivity (Wildman–Crippen MR) is 98.7 cm³/mol. The Kier molecular flexibility index (Phi) is 5.74. The van der Waals surface area contributed by atoms with Crippen LogP contribution >= 0.6 is 11.3 Å². The molecule has 0 spiro atoms. The molecule has 1 aliphatic rings. The van der Waals surface area contributed by atoms with Crippen molar-refractivity contribution >= 4 is 11.3 Å². The van der Waals surface area contributed by atoms with E-state index in [2.05, 4.69) is 48.0 Å². The molecular weight excluding hydrogens is 302 g/mol. The van der Waals surface area contributed by atoms with E-state index < -0.39 is 0 Å². The van der Waals surface area contributed by atoms with Crippen molar-refractivity contribution in [2.75, 3.05) is 7.11 Å². The summed E-state index contributed by atoms with van der Waals surface area (Å²) in [7, 11) is 1.78. The molecule has 3 rings (SSSR count). The van der Waals surface area contributed by atoms with E-state index in [1.54, 1.807) is 7.11 Å². The summed E-state index contributed by atoms with van der Waals surface area (Å²) in [5, 5.41) is 6.12. The monoisotopic (exact) mass is 329 g/mol. The molecule has 1 aromatic carbocycles. The van der Waals surface area contributed by atoms with E-state index >= 15 is 0 Å². The fourth-order valence-corrected chi connectivity index (χ4v) is 4.49. The maximum Gasteiger partial charge on any atom is 0.122 e. The summed E-state index contributed by atoms with van der Waals surface area (Å²) in [6.07, 6.45) is 7.09. The smallest absolute Gasteiger partial charge is 0.122 e. The van der Waals surface area contributed by atoms with E-state index in [-0.39, 0.29) is 0 Å². The number of ether oxygens (including phenoxy) is 1. The largest absolute Gasteiger partial charge is 0.496 e. The van der Waals surface area contributed by atoms with Gasteiger partial charge in [0.25, 0.3) is 0 Å². The van der Waals surface area contributed by atoms with Gasteiger partial charge in [0, 0.05) is 17.0 Å². The van der Waals surface area contributed by atoms with Crippen molar-refractivity contribution in [3.05, 3.63) is 51.7 Å². The average molecular weight is 330 g/mol. The van der Waals surface area contributed by atoms with Crippen LogP contribution in [0.1, 0.15) is 42.2 Å². The van der Waals surface area contributed by atoms with Gasteiger partial charge in [0.1, 0.15) is 5.75 Å². The zero-order valence-electron chi connectivity index (χ0n) is 14.2. The van der Waals surface area contributed by atoms with Crippen molar-refractivity contribution in [1.29, 1.82) is 0 Å². The van der Waals surface area contributed by atoms with Gasteiger partial charge in [-0.3, -0.25) is 0 Å². The molecule has 0 radical (unpaired) electrons. The first-order valence-electron chi connectivity index (χ1n) is 8.73. The standard InChI is InChI=1S/C20H27NOS/c1-3-6-16(14-18-8-5-12-23-18)21-17-10-11-19-15(13-17)7-4-9-20(19)22-2/h4-5,7-9,12,16-17,21H,3,6,10-11,13-14H2,1-2H3. The Morgan fingerprint density at radius 2 is 2.22 bits per heavy atom. The number of fused-ring (bicyclic) bond motifs is 1. The maximum atomic E-state index is 5.52. The van der Waals surface area contributed by atoms with Crippen LogP contribution in [-0.2, 0) is 19.3 Å². The van der Waals surface area contributed by atoms with Crippen LogP contribution in [-0.4, -0.2) is 19.2 Å². The number of benzene rings is 1. The highest BCUT2D eigenvalue weighted by Gasteiger charge is 2.23. The third-order valence-electron chi connectivity index (χ3n) is 4.80. The molecule has 0 saturated carbocycles. The Bertz CT molecular complexity index is 608. The van der Waals surface area contributed by atoms with Crippen molar-refractivity contribution in [2.45, 2.75) is 57.5 Å². The van der Waals surface area contributed by atoms with Crippen LogP contribution in [0.5, 0.6) is 5.75 Å². The fraction of sp³-hybridized carbons (Fsp3) is 0.500. The van der Waals surface area contributed by atoms with Gasteiger partial charge in [-0.05, 0) is 60.7 Å². The second-order valence-electron chi connectivity index (χ2n) is 6.47. The summed E-state index contributed by atoms with van der Waals surface area (Å²) < 4.78 is 5.52. The second kappa shape index (κ2) is 7.98. The summed E-state index contributed by atoms with van der Waals surface area (Å²) in [6.45, 7) is 2.28. The van der Waals surface area contributed by atoms with Crippen molar-refractivity contribution in [3.63, 3.8) is 0 Å². The summed E-state index contributed by atoms with van der Waals surface area (Å²) in [6, 6.07) is 12.1. The Hall–Kier alpha value is -1.32. The molecule has 1 heterocycles. The third-order valence-corrected chi connectivity index (χ3v) is 5.69. The first-order valence-corrected chi connectivity index (χ1v) is 9.61. The van der Waals surface area contributed by atoms with Gasteiger partial charge >= 0.3 is 0 Å². The minimum Gasteiger partial charge on any atom is -0.496 e. The van der Waals surface area contributed by atoms with Gasteiger partial charge in [-0.15, -0.1) is 11.3 Å². The highest BCUT2D eigenvalue weighted by molar-refractivity contribution is 7.09. The summed E-state index contributed by atoms with van der Waals surface area (Å²) in [4.78, 5) is 1.49. The lowest BCUT2D eigenvalue weighted by molar-refractivity contribution is 0.365. The average Bonchev–Trinajstić information content (AvgIpc) is 3.07. The van der Waals surface area contributed by atoms with Crippen LogP contribution in [0.3, 0.4) is 0 Å². The van der Waals surface area contributed by atoms with E-state index in [0.717, 1.165) is 25.0 Å². The Morgan fingerprint density at radius 1 is 1.30 bits per heavy atom. The van der Waals surface area contributed by atoms with E-state index in [1.807, 2.05) is 11.3 Å². The Morgan fingerprint density at radius 3 is 2.96 bits per heavy atom. The van der Waals surface area contributed by atoms with E-state index in [0.29, 0.717) is 12.1 Å². The Balaban J connectivity index is 1.65. The number of rotatable bonds is 7. The lowest BCUT2D eigenvalue weighted by atomic mass is 9.87. The first-order chi connectivity index (χ1) is 11.3. The van der Waals surface area contributed by atoms with Crippen LogP contribution in [0.15, 0.2) is 35.7 Å². The highest BCUT2D eigenvalue weighted by Crippen LogP contribution is 2.30. The van der Waals surface area contributed by atoms with E-state index in [9.17, 15) is 0 Å². The molecule has 0 fully saturated rings. The van der Waals surface area contributed by atoms with Gasteiger partial charge in [0.15, 0.2) is 0 Å². The van der Waals surface area contributed by atoms with Gasteiger partial charge in [-0.1, -0.05) is 31.5 Å². The Labute approximate surface area is 143 Å². The number of nitrogens with one attached hydrogen (secondary N) is 1. The molecule has 3 heteroatoms. The zero-order chi connectivity index (χ0) is 16.1. The minimum absolute atomic E-state index is 0.589. The molecule has 2 nitrogen and oxygen atoms in total. The van der Waals surface area contributed by atoms with Gasteiger partial charge in [-0.25, -0.2) is 0 Å². The maximum absolute atomic E-state index is 5.52. The van der Waals surface area contributed by atoms with Crippen molar-refractivity contribution < 1.29 is 4.74 Å². The first kappa shape index (κ1) is 16.5. The van der Waals surface area contributed by atoms with Crippen LogP contribution in [0.4, 0.5) is 0 Å². The summed E-state index contributed by atoms with van der Waals surface area (Å²) >= 11 is 1.88.